The molecule has 0 fully saturated rings. The Balaban J connectivity index is 2.24. The number of hydrogen-bond donors (Lipinski definition) is 3. The standard InChI is InChI=1S/C11H11Cl3N4S/c1-16-6-3-2-4-7-8(5-6)19-10(17-7)18-9(15)11(12,13)14/h2,4-5,16H,3H2,1H3,(H2,15,17,18). The molecule has 0 saturated heterocycles. The van der Waals surface area contributed by atoms with Gasteiger partial charge in [-0.05, 0) is 12.2 Å². The number of nitrogens with one attached hydrogen (secondary N) is 3. The topological polar surface area (TPSA) is 60.8 Å². The molecule has 0 bridgehead atoms. The van der Waals surface area contributed by atoms with Crippen LogP contribution in [-0.4, -0.2) is 21.7 Å². The van der Waals surface area contributed by atoms with Crippen LogP contribution < -0.4 is 10.6 Å². The van der Waals surface area contributed by atoms with E-state index in [2.05, 4.69) is 15.6 Å². The van der Waals surface area contributed by atoms with Gasteiger partial charge in [0.2, 0.25) is 3.79 Å². The van der Waals surface area contributed by atoms with Crippen LogP contribution >= 0.6 is 46.1 Å². The Kier molecular flexibility index (Phi) is 4.40. The van der Waals surface area contributed by atoms with E-state index in [1.54, 1.807) is 0 Å². The molecule has 1 aliphatic rings. The largest absolute Gasteiger partial charge is 0.391 e. The van der Waals surface area contributed by atoms with Gasteiger partial charge < -0.3 is 10.6 Å². The molecule has 4 nitrogen and oxygen atoms in total. The molecule has 1 heterocycles. The number of anilines is 1. The first-order valence-electron chi connectivity index (χ1n) is 5.38. The maximum absolute atomic E-state index is 7.62. The number of allylic oxidation sites excluding steroid dienone is 1. The lowest BCUT2D eigenvalue weighted by molar-refractivity contribution is 0.955. The average molecular weight is 338 g/mol. The Labute approximate surface area is 130 Å². The van der Waals surface area contributed by atoms with Crippen molar-refractivity contribution in [1.29, 1.82) is 5.41 Å². The zero-order valence-corrected chi connectivity index (χ0v) is 13.0. The highest BCUT2D eigenvalue weighted by Crippen LogP contribution is 2.32. The van der Waals surface area contributed by atoms with E-state index in [0.29, 0.717) is 5.13 Å². The monoisotopic (exact) mass is 336 g/mol. The van der Waals surface area contributed by atoms with E-state index >= 15 is 0 Å². The molecule has 1 aromatic rings. The summed E-state index contributed by atoms with van der Waals surface area (Å²) in [7, 11) is 1.88. The summed E-state index contributed by atoms with van der Waals surface area (Å²) in [5, 5.41) is 14.0. The van der Waals surface area contributed by atoms with Crippen molar-refractivity contribution in [2.45, 2.75) is 10.2 Å². The maximum Gasteiger partial charge on any atom is 0.247 e. The van der Waals surface area contributed by atoms with Gasteiger partial charge in [-0.3, -0.25) is 5.41 Å². The minimum absolute atomic E-state index is 0.219. The van der Waals surface area contributed by atoms with Gasteiger partial charge in [0.15, 0.2) is 11.0 Å². The lowest BCUT2D eigenvalue weighted by Gasteiger charge is -2.12. The fourth-order valence-corrected chi connectivity index (χ4v) is 2.55. The van der Waals surface area contributed by atoms with Crippen molar-refractivity contribution in [3.05, 3.63) is 22.3 Å². The predicted octanol–water partition coefficient (Wildman–Crippen LogP) is 3.88. The third-order valence-corrected chi connectivity index (χ3v) is 3.94. The second-order valence-corrected chi connectivity index (χ2v) is 7.10. The van der Waals surface area contributed by atoms with Crippen molar-refractivity contribution in [2.75, 3.05) is 12.4 Å². The van der Waals surface area contributed by atoms with E-state index in [4.69, 9.17) is 40.2 Å². The van der Waals surface area contributed by atoms with Crippen LogP contribution in [0.3, 0.4) is 0 Å². The summed E-state index contributed by atoms with van der Waals surface area (Å²) in [6.07, 6.45) is 6.83. The number of thiazole rings is 1. The maximum atomic E-state index is 7.62. The van der Waals surface area contributed by atoms with Crippen molar-refractivity contribution in [2.24, 2.45) is 0 Å². The molecule has 0 aromatic carbocycles. The number of nitrogens with zero attached hydrogens (tertiary/aromatic N) is 1. The Bertz CT molecular complexity index is 557. The first kappa shape index (κ1) is 14.7. The Morgan fingerprint density at radius 1 is 1.47 bits per heavy atom. The van der Waals surface area contributed by atoms with Crippen molar-refractivity contribution in [1.82, 2.24) is 10.3 Å². The molecule has 0 spiro atoms. The second-order valence-electron chi connectivity index (χ2n) is 3.79. The lowest BCUT2D eigenvalue weighted by atomic mass is 10.3. The summed E-state index contributed by atoms with van der Waals surface area (Å²) in [6.45, 7) is 0. The number of amidine groups is 1. The molecule has 8 heteroatoms. The molecule has 0 amide bonds. The predicted molar refractivity (Wildman–Crippen MR) is 84.4 cm³/mol. The summed E-state index contributed by atoms with van der Waals surface area (Å²) in [6, 6.07) is 0. The number of alkyl halides is 3. The van der Waals surface area contributed by atoms with Gasteiger partial charge in [-0.15, -0.1) is 0 Å². The Morgan fingerprint density at radius 3 is 2.84 bits per heavy atom. The molecule has 0 unspecified atom stereocenters. The fourth-order valence-electron chi connectivity index (χ4n) is 1.49. The zero-order chi connectivity index (χ0) is 14.0. The van der Waals surface area contributed by atoms with Crippen LogP contribution in [0.2, 0.25) is 0 Å². The normalized spacial score (nSPS) is 14.4. The number of hydrogen-bond acceptors (Lipinski definition) is 4. The van der Waals surface area contributed by atoms with Gasteiger partial charge >= 0.3 is 0 Å². The molecule has 19 heavy (non-hydrogen) atoms. The molecule has 0 aliphatic heterocycles. The van der Waals surface area contributed by atoms with Crippen molar-refractivity contribution in [3.8, 4) is 0 Å². The summed E-state index contributed by atoms with van der Waals surface area (Å²) < 4.78 is -1.77. The van der Waals surface area contributed by atoms with E-state index in [1.807, 2.05) is 25.3 Å². The number of halogens is 3. The Morgan fingerprint density at radius 2 is 2.21 bits per heavy atom. The van der Waals surface area contributed by atoms with Crippen LogP contribution in [0.4, 0.5) is 5.13 Å². The van der Waals surface area contributed by atoms with E-state index in [9.17, 15) is 0 Å². The van der Waals surface area contributed by atoms with Crippen LogP contribution in [0, 0.1) is 5.41 Å². The van der Waals surface area contributed by atoms with Crippen molar-refractivity contribution in [3.63, 3.8) is 0 Å². The summed E-state index contributed by atoms with van der Waals surface area (Å²) in [5.41, 5.74) is 1.94. The van der Waals surface area contributed by atoms with Gasteiger partial charge in [-0.25, -0.2) is 4.98 Å². The van der Waals surface area contributed by atoms with Gasteiger partial charge in [0.25, 0.3) is 0 Å². The minimum Gasteiger partial charge on any atom is -0.391 e. The molecular weight excluding hydrogens is 327 g/mol. The van der Waals surface area contributed by atoms with Crippen LogP contribution in [0.5, 0.6) is 0 Å². The van der Waals surface area contributed by atoms with E-state index in [1.165, 1.54) is 11.3 Å². The third-order valence-electron chi connectivity index (χ3n) is 2.44. The SMILES string of the molecule is CNC1=Cc2sc(NC(=N)C(Cl)(Cl)Cl)nc2C=CC1. The van der Waals surface area contributed by atoms with Gasteiger partial charge in [0.1, 0.15) is 0 Å². The second kappa shape index (κ2) is 5.71. The molecule has 0 saturated carbocycles. The van der Waals surface area contributed by atoms with Gasteiger partial charge in [0.05, 0.1) is 10.6 Å². The summed E-state index contributed by atoms with van der Waals surface area (Å²) >= 11 is 18.3. The van der Waals surface area contributed by atoms with Crippen LogP contribution in [0.25, 0.3) is 12.2 Å². The highest BCUT2D eigenvalue weighted by Gasteiger charge is 2.27. The first-order valence-corrected chi connectivity index (χ1v) is 7.33. The fraction of sp³-hybridized carbons (Fsp3) is 0.273. The molecule has 3 N–H and O–H groups in total. The Hall–Kier alpha value is -0.750. The quantitative estimate of drug-likeness (QED) is 0.436. The summed E-state index contributed by atoms with van der Waals surface area (Å²) in [5.74, 6) is -0.219. The zero-order valence-electron chi connectivity index (χ0n) is 9.93. The van der Waals surface area contributed by atoms with Gasteiger partial charge in [-0.1, -0.05) is 52.2 Å². The van der Waals surface area contributed by atoms with Crippen LogP contribution in [0.1, 0.15) is 17.0 Å². The van der Waals surface area contributed by atoms with Gasteiger partial charge in [0, 0.05) is 19.2 Å². The van der Waals surface area contributed by atoms with Crippen LogP contribution in [0.15, 0.2) is 11.8 Å². The van der Waals surface area contributed by atoms with E-state index < -0.39 is 3.79 Å². The highest BCUT2D eigenvalue weighted by molar-refractivity contribution is 7.16. The smallest absolute Gasteiger partial charge is 0.247 e. The number of fused-ring (bicyclic) bond motifs is 1. The minimum atomic E-state index is -1.77. The molecule has 0 atom stereocenters. The molecular formula is C11H11Cl3N4S. The molecule has 2 rings (SSSR count). The molecule has 1 aromatic heterocycles. The lowest BCUT2D eigenvalue weighted by Crippen LogP contribution is -2.26. The number of aromatic nitrogens is 1. The highest BCUT2D eigenvalue weighted by atomic mass is 35.6. The van der Waals surface area contributed by atoms with E-state index in [-0.39, 0.29) is 5.84 Å². The first-order chi connectivity index (χ1) is 8.90. The van der Waals surface area contributed by atoms with Crippen molar-refractivity contribution < 1.29 is 0 Å². The molecule has 0 radical (unpaired) electrons. The third kappa shape index (κ3) is 3.63. The summed E-state index contributed by atoms with van der Waals surface area (Å²) in [4.78, 5) is 5.36. The van der Waals surface area contributed by atoms with Crippen LogP contribution in [-0.2, 0) is 0 Å². The van der Waals surface area contributed by atoms with Crippen molar-refractivity contribution >= 4 is 69.3 Å². The number of rotatable bonds is 2. The van der Waals surface area contributed by atoms with E-state index in [0.717, 1.165) is 22.7 Å². The average Bonchev–Trinajstić information content (AvgIpc) is 2.58. The molecule has 102 valence electrons. The van der Waals surface area contributed by atoms with Gasteiger partial charge in [-0.2, -0.15) is 0 Å². The molecule has 1 aliphatic carbocycles.